The molecule has 0 bridgehead atoms. The lowest BCUT2D eigenvalue weighted by Gasteiger charge is -2.27. The highest BCUT2D eigenvalue weighted by atomic mass is 79.9. The van der Waals surface area contributed by atoms with Gasteiger partial charge >= 0.3 is 0 Å². The summed E-state index contributed by atoms with van der Waals surface area (Å²) in [6, 6.07) is 13.5. The third-order valence-electron chi connectivity index (χ3n) is 5.35. The van der Waals surface area contributed by atoms with E-state index in [1.54, 1.807) is 39.9 Å². The molecule has 0 atom stereocenters. The molecule has 5 rings (SSSR count). The molecule has 0 unspecified atom stereocenters. The van der Waals surface area contributed by atoms with Crippen LogP contribution < -0.4 is 0 Å². The molecule has 1 aliphatic rings. The Kier molecular flexibility index (Phi) is 4.90. The molecule has 0 aliphatic carbocycles. The summed E-state index contributed by atoms with van der Waals surface area (Å²) in [4.78, 5) is 14.8. The number of aryl methyl sites for hydroxylation is 1. The minimum atomic E-state index is -0.438. The number of nitrogens with zero attached hydrogens (tertiary/aromatic N) is 5. The molecule has 31 heavy (non-hydrogen) atoms. The van der Waals surface area contributed by atoms with Crippen molar-refractivity contribution in [1.82, 2.24) is 24.9 Å². The van der Waals surface area contributed by atoms with E-state index < -0.39 is 5.82 Å². The summed E-state index contributed by atoms with van der Waals surface area (Å²) in [5.41, 5.74) is 3.25. The number of benzene rings is 2. The van der Waals surface area contributed by atoms with Gasteiger partial charge in [0.05, 0.1) is 12.1 Å². The van der Waals surface area contributed by atoms with E-state index in [1.165, 1.54) is 6.07 Å². The molecule has 0 saturated carbocycles. The molecule has 0 saturated heterocycles. The van der Waals surface area contributed by atoms with Crippen LogP contribution in [0.3, 0.4) is 0 Å². The third kappa shape index (κ3) is 3.54. The van der Waals surface area contributed by atoms with Crippen LogP contribution in [0.15, 0.2) is 57.4 Å². The van der Waals surface area contributed by atoms with Crippen molar-refractivity contribution >= 4 is 21.8 Å². The van der Waals surface area contributed by atoms with E-state index in [4.69, 9.17) is 4.42 Å². The molecule has 7 nitrogen and oxygen atoms in total. The highest BCUT2D eigenvalue weighted by molar-refractivity contribution is 9.10. The van der Waals surface area contributed by atoms with Crippen LogP contribution in [0.1, 0.15) is 21.6 Å². The minimum Gasteiger partial charge on any atom is -0.414 e. The Hall–Kier alpha value is -3.33. The maximum absolute atomic E-state index is 14.1. The summed E-state index contributed by atoms with van der Waals surface area (Å²) in [6.07, 6.45) is 0.662. The van der Waals surface area contributed by atoms with E-state index in [2.05, 4.69) is 31.2 Å². The zero-order valence-corrected chi connectivity index (χ0v) is 18.1. The summed E-state index contributed by atoms with van der Waals surface area (Å²) in [6.45, 7) is 0.968. The Morgan fingerprint density at radius 1 is 1.10 bits per heavy atom. The van der Waals surface area contributed by atoms with E-state index in [-0.39, 0.29) is 23.3 Å². The van der Waals surface area contributed by atoms with Crippen molar-refractivity contribution in [3.8, 4) is 23.0 Å². The average molecular weight is 482 g/mol. The van der Waals surface area contributed by atoms with Crippen molar-refractivity contribution in [2.24, 2.45) is 7.05 Å². The van der Waals surface area contributed by atoms with Gasteiger partial charge in [-0.3, -0.25) is 9.48 Å². The second kappa shape index (κ2) is 7.73. The summed E-state index contributed by atoms with van der Waals surface area (Å²) < 4.78 is 22.6. The predicted molar refractivity (Wildman–Crippen MR) is 114 cm³/mol. The highest BCUT2D eigenvalue weighted by Crippen LogP contribution is 2.31. The van der Waals surface area contributed by atoms with Gasteiger partial charge in [0.1, 0.15) is 5.82 Å². The molecule has 0 fully saturated rings. The number of amides is 1. The third-order valence-corrected chi connectivity index (χ3v) is 5.88. The summed E-state index contributed by atoms with van der Waals surface area (Å²) in [7, 11) is 1.85. The zero-order valence-electron chi connectivity index (χ0n) is 16.5. The minimum absolute atomic E-state index is 0.0504. The fourth-order valence-electron chi connectivity index (χ4n) is 3.77. The van der Waals surface area contributed by atoms with Crippen molar-refractivity contribution in [2.75, 3.05) is 6.54 Å². The Labute approximate surface area is 185 Å². The first-order valence-electron chi connectivity index (χ1n) is 9.69. The van der Waals surface area contributed by atoms with Gasteiger partial charge in [-0.2, -0.15) is 5.10 Å². The Morgan fingerprint density at radius 2 is 1.84 bits per heavy atom. The summed E-state index contributed by atoms with van der Waals surface area (Å²) >= 11 is 3.39. The number of halogens is 2. The van der Waals surface area contributed by atoms with Gasteiger partial charge in [0.25, 0.3) is 17.7 Å². The molecule has 1 amide bonds. The van der Waals surface area contributed by atoms with Gasteiger partial charge in [-0.05, 0) is 36.4 Å². The molecule has 2 aromatic carbocycles. The van der Waals surface area contributed by atoms with Gasteiger partial charge in [0.2, 0.25) is 0 Å². The molecule has 156 valence electrons. The number of hydrogen-bond donors (Lipinski definition) is 0. The first-order valence-corrected chi connectivity index (χ1v) is 10.5. The standard InChI is InChI=1S/C22H17BrFN5O2/c1-28-18-10-11-29(22(30)13-6-8-14(23)9-7-13)12-16(18)19(27-28)21-26-25-20(31-21)15-4-2-3-5-17(15)24/h2-9H,10-12H2,1H3. The van der Waals surface area contributed by atoms with E-state index in [1.807, 2.05) is 19.2 Å². The molecule has 4 aromatic rings. The van der Waals surface area contributed by atoms with Gasteiger partial charge in [-0.1, -0.05) is 28.1 Å². The number of aromatic nitrogens is 4. The fraction of sp³-hybridized carbons (Fsp3) is 0.182. The molecule has 2 aromatic heterocycles. The number of carbonyl (C=O) groups excluding carboxylic acids is 1. The quantitative estimate of drug-likeness (QED) is 0.437. The zero-order chi connectivity index (χ0) is 21.5. The van der Waals surface area contributed by atoms with Crippen molar-refractivity contribution in [3.05, 3.63) is 75.6 Å². The maximum atomic E-state index is 14.1. The van der Waals surface area contributed by atoms with E-state index in [9.17, 15) is 9.18 Å². The molecular weight excluding hydrogens is 465 g/mol. The monoisotopic (exact) mass is 481 g/mol. The van der Waals surface area contributed by atoms with Crippen molar-refractivity contribution < 1.29 is 13.6 Å². The van der Waals surface area contributed by atoms with Crippen LogP contribution in [0.4, 0.5) is 4.39 Å². The largest absolute Gasteiger partial charge is 0.414 e. The van der Waals surface area contributed by atoms with Crippen molar-refractivity contribution in [3.63, 3.8) is 0 Å². The van der Waals surface area contributed by atoms with E-state index in [0.717, 1.165) is 15.7 Å². The molecule has 1 aliphatic heterocycles. The van der Waals surface area contributed by atoms with Crippen LogP contribution in [0.2, 0.25) is 0 Å². The highest BCUT2D eigenvalue weighted by Gasteiger charge is 2.30. The van der Waals surface area contributed by atoms with Crippen LogP contribution in [-0.4, -0.2) is 37.3 Å². The van der Waals surface area contributed by atoms with Crippen molar-refractivity contribution in [2.45, 2.75) is 13.0 Å². The summed E-state index contributed by atoms with van der Waals surface area (Å²) in [5, 5.41) is 12.6. The molecule has 0 N–H and O–H groups in total. The topological polar surface area (TPSA) is 77.1 Å². The predicted octanol–water partition coefficient (Wildman–Crippen LogP) is 4.24. The smallest absolute Gasteiger partial charge is 0.268 e. The van der Waals surface area contributed by atoms with Gasteiger partial charge in [0, 0.05) is 41.3 Å². The Bertz CT molecular complexity index is 1280. The maximum Gasteiger partial charge on any atom is 0.268 e. The Balaban J connectivity index is 1.47. The molecular formula is C22H17BrFN5O2. The van der Waals surface area contributed by atoms with Crippen LogP contribution in [0.25, 0.3) is 23.0 Å². The summed E-state index contributed by atoms with van der Waals surface area (Å²) in [5.74, 6) is -0.198. The second-order valence-electron chi connectivity index (χ2n) is 7.27. The molecule has 3 heterocycles. The molecule has 0 spiro atoms. The van der Waals surface area contributed by atoms with Gasteiger partial charge < -0.3 is 9.32 Å². The van der Waals surface area contributed by atoms with E-state index >= 15 is 0 Å². The van der Waals surface area contributed by atoms with Crippen LogP contribution >= 0.6 is 15.9 Å². The lowest BCUT2D eigenvalue weighted by Crippen LogP contribution is -2.36. The number of carbonyl (C=O) groups is 1. The number of rotatable bonds is 3. The van der Waals surface area contributed by atoms with Crippen LogP contribution in [0, 0.1) is 5.82 Å². The normalized spacial score (nSPS) is 13.3. The first kappa shape index (κ1) is 19.6. The van der Waals surface area contributed by atoms with Crippen molar-refractivity contribution in [1.29, 1.82) is 0 Å². The number of fused-ring (bicyclic) bond motifs is 1. The SMILES string of the molecule is Cn1nc(-c2nnc(-c3ccccc3F)o2)c2c1CCN(C(=O)c1ccc(Br)cc1)C2. The second-order valence-corrected chi connectivity index (χ2v) is 8.19. The van der Waals surface area contributed by atoms with Crippen LogP contribution in [-0.2, 0) is 20.0 Å². The van der Waals surface area contributed by atoms with Gasteiger partial charge in [0.15, 0.2) is 5.69 Å². The lowest BCUT2D eigenvalue weighted by atomic mass is 10.0. The fourth-order valence-corrected chi connectivity index (χ4v) is 4.04. The lowest BCUT2D eigenvalue weighted by molar-refractivity contribution is 0.0733. The Morgan fingerprint density at radius 3 is 2.61 bits per heavy atom. The average Bonchev–Trinajstić information content (AvgIpc) is 3.39. The molecule has 0 radical (unpaired) electrons. The van der Waals surface area contributed by atoms with Crippen LogP contribution in [0.5, 0.6) is 0 Å². The number of hydrogen-bond acceptors (Lipinski definition) is 5. The van der Waals surface area contributed by atoms with Gasteiger partial charge in [-0.25, -0.2) is 4.39 Å². The molecule has 9 heteroatoms. The van der Waals surface area contributed by atoms with E-state index in [0.29, 0.717) is 30.8 Å². The van der Waals surface area contributed by atoms with Gasteiger partial charge in [-0.15, -0.1) is 10.2 Å². The first-order chi connectivity index (χ1) is 15.0.